The number of fused-ring (bicyclic) bond motifs is 1. The molecule has 2 heterocycles. The Morgan fingerprint density at radius 1 is 0.793 bits per heavy atom. The molecule has 4 nitrogen and oxygen atoms in total. The van der Waals surface area contributed by atoms with E-state index in [9.17, 15) is 4.79 Å². The van der Waals surface area contributed by atoms with Crippen LogP contribution in [0, 0.1) is 0 Å². The third-order valence-electron chi connectivity index (χ3n) is 6.84. The largest absolute Gasteiger partial charge is 0.457 e. The Kier molecular flexibility index (Phi) is 5.28. The van der Waals surface area contributed by atoms with Crippen LogP contribution in [-0.2, 0) is 12.8 Å². The maximum absolute atomic E-state index is 12.5. The minimum Gasteiger partial charge on any atom is -0.457 e. The molecule has 2 aromatic rings. The predicted octanol–water partition coefficient (Wildman–Crippen LogP) is 4.67. The van der Waals surface area contributed by atoms with Crippen LogP contribution in [0.3, 0.4) is 0 Å². The maximum atomic E-state index is 12.5. The van der Waals surface area contributed by atoms with Crippen LogP contribution >= 0.6 is 0 Å². The number of nitrogens with zero attached hydrogens (tertiary/aromatic N) is 2. The standard InChI is InChI=1S/C25H30N2O2/c28-25(27-14-1-2-15-27)20-7-9-23(10-8-20)29-24-11-6-19-12-16-26(22-4-3-5-22)17-13-21(19)18-24/h6-11,18,22H,1-5,12-17H2. The van der Waals surface area contributed by atoms with Gasteiger partial charge in [-0.1, -0.05) is 12.5 Å². The van der Waals surface area contributed by atoms with Gasteiger partial charge < -0.3 is 9.64 Å². The van der Waals surface area contributed by atoms with Crippen molar-refractivity contribution in [2.24, 2.45) is 0 Å². The Morgan fingerprint density at radius 3 is 2.17 bits per heavy atom. The molecular weight excluding hydrogens is 360 g/mol. The molecule has 0 aromatic heterocycles. The quantitative estimate of drug-likeness (QED) is 0.761. The highest BCUT2D eigenvalue weighted by Gasteiger charge is 2.26. The van der Waals surface area contributed by atoms with E-state index >= 15 is 0 Å². The van der Waals surface area contributed by atoms with Gasteiger partial charge in [-0.05, 0) is 86.1 Å². The highest BCUT2D eigenvalue weighted by Crippen LogP contribution is 2.30. The van der Waals surface area contributed by atoms with Gasteiger partial charge in [-0.25, -0.2) is 0 Å². The Balaban J connectivity index is 1.24. The van der Waals surface area contributed by atoms with Crippen LogP contribution in [0.25, 0.3) is 0 Å². The molecule has 2 fully saturated rings. The zero-order chi connectivity index (χ0) is 19.6. The Morgan fingerprint density at radius 2 is 1.48 bits per heavy atom. The van der Waals surface area contributed by atoms with E-state index in [1.165, 1.54) is 36.9 Å². The molecule has 0 atom stereocenters. The molecule has 1 aliphatic carbocycles. The molecule has 29 heavy (non-hydrogen) atoms. The molecule has 1 saturated carbocycles. The third-order valence-corrected chi connectivity index (χ3v) is 6.84. The molecule has 3 aliphatic rings. The van der Waals surface area contributed by atoms with Gasteiger partial charge in [0, 0.05) is 37.8 Å². The van der Waals surface area contributed by atoms with Gasteiger partial charge in [0.1, 0.15) is 11.5 Å². The second-order valence-corrected chi connectivity index (χ2v) is 8.68. The first kappa shape index (κ1) is 18.7. The van der Waals surface area contributed by atoms with E-state index in [0.29, 0.717) is 0 Å². The Bertz CT molecular complexity index is 867. The molecule has 0 unspecified atom stereocenters. The van der Waals surface area contributed by atoms with Crippen molar-refractivity contribution in [1.29, 1.82) is 0 Å². The van der Waals surface area contributed by atoms with Gasteiger partial charge in [0.2, 0.25) is 0 Å². The fraction of sp³-hybridized carbons (Fsp3) is 0.480. The van der Waals surface area contributed by atoms with Crippen LogP contribution in [-0.4, -0.2) is 47.9 Å². The van der Waals surface area contributed by atoms with Crippen LogP contribution in [0.15, 0.2) is 42.5 Å². The fourth-order valence-corrected chi connectivity index (χ4v) is 4.80. The predicted molar refractivity (Wildman–Crippen MR) is 115 cm³/mol. The number of likely N-dealkylation sites (tertiary alicyclic amines) is 1. The van der Waals surface area contributed by atoms with Crippen LogP contribution in [0.5, 0.6) is 11.5 Å². The van der Waals surface area contributed by atoms with Crippen LogP contribution < -0.4 is 4.74 Å². The van der Waals surface area contributed by atoms with Crippen molar-refractivity contribution in [3.63, 3.8) is 0 Å². The molecule has 4 heteroatoms. The summed E-state index contributed by atoms with van der Waals surface area (Å²) in [5.41, 5.74) is 3.63. The van der Waals surface area contributed by atoms with Gasteiger partial charge >= 0.3 is 0 Å². The van der Waals surface area contributed by atoms with E-state index in [2.05, 4.69) is 23.1 Å². The van der Waals surface area contributed by atoms with E-state index in [-0.39, 0.29) is 5.91 Å². The summed E-state index contributed by atoms with van der Waals surface area (Å²) in [5, 5.41) is 0. The van der Waals surface area contributed by atoms with Crippen molar-refractivity contribution in [2.75, 3.05) is 26.2 Å². The number of amides is 1. The molecule has 1 amide bonds. The molecule has 0 bridgehead atoms. The fourth-order valence-electron chi connectivity index (χ4n) is 4.80. The molecule has 1 saturated heterocycles. The summed E-state index contributed by atoms with van der Waals surface area (Å²) < 4.78 is 6.11. The topological polar surface area (TPSA) is 32.8 Å². The van der Waals surface area contributed by atoms with Crippen LogP contribution in [0.4, 0.5) is 0 Å². The SMILES string of the molecule is O=C(c1ccc(Oc2ccc3c(c2)CCN(C2CCC2)CC3)cc1)N1CCCC1. The van der Waals surface area contributed by atoms with E-state index in [1.807, 2.05) is 29.2 Å². The lowest BCUT2D eigenvalue weighted by atomic mass is 9.91. The van der Waals surface area contributed by atoms with Crippen molar-refractivity contribution < 1.29 is 9.53 Å². The van der Waals surface area contributed by atoms with Gasteiger partial charge in [0.15, 0.2) is 0 Å². The number of carbonyl (C=O) groups is 1. The summed E-state index contributed by atoms with van der Waals surface area (Å²) in [7, 11) is 0. The maximum Gasteiger partial charge on any atom is 0.253 e. The molecule has 2 aromatic carbocycles. The summed E-state index contributed by atoms with van der Waals surface area (Å²) >= 11 is 0. The van der Waals surface area contributed by atoms with E-state index < -0.39 is 0 Å². The average Bonchev–Trinajstić information content (AvgIpc) is 3.17. The van der Waals surface area contributed by atoms with Crippen LogP contribution in [0.2, 0.25) is 0 Å². The molecule has 2 aliphatic heterocycles. The summed E-state index contributed by atoms with van der Waals surface area (Å²) in [6.45, 7) is 4.10. The van der Waals surface area contributed by atoms with Gasteiger partial charge in [-0.2, -0.15) is 0 Å². The molecule has 0 N–H and O–H groups in total. The zero-order valence-electron chi connectivity index (χ0n) is 17.1. The van der Waals surface area contributed by atoms with Gasteiger partial charge in [0.05, 0.1) is 0 Å². The minimum atomic E-state index is 0.134. The van der Waals surface area contributed by atoms with Crippen LogP contribution in [0.1, 0.15) is 53.6 Å². The monoisotopic (exact) mass is 390 g/mol. The lowest BCUT2D eigenvalue weighted by molar-refractivity contribution is 0.0793. The highest BCUT2D eigenvalue weighted by atomic mass is 16.5. The molecule has 152 valence electrons. The summed E-state index contributed by atoms with van der Waals surface area (Å²) in [6, 6.07) is 14.9. The smallest absolute Gasteiger partial charge is 0.253 e. The molecule has 0 radical (unpaired) electrons. The lowest BCUT2D eigenvalue weighted by Gasteiger charge is -2.36. The summed E-state index contributed by atoms with van der Waals surface area (Å²) in [6.07, 6.45) is 8.62. The highest BCUT2D eigenvalue weighted by molar-refractivity contribution is 5.94. The first-order chi connectivity index (χ1) is 14.3. The number of benzene rings is 2. The van der Waals surface area contributed by atoms with Crippen molar-refractivity contribution >= 4 is 5.91 Å². The lowest BCUT2D eigenvalue weighted by Crippen LogP contribution is -2.41. The molecule has 5 rings (SSSR count). The molecular formula is C25H30N2O2. The van der Waals surface area contributed by atoms with Gasteiger partial charge in [0.25, 0.3) is 5.91 Å². The van der Waals surface area contributed by atoms with Crippen molar-refractivity contribution in [3.8, 4) is 11.5 Å². The second-order valence-electron chi connectivity index (χ2n) is 8.68. The Labute approximate surface area is 173 Å². The zero-order valence-corrected chi connectivity index (χ0v) is 17.1. The van der Waals surface area contributed by atoms with Crippen molar-refractivity contribution in [2.45, 2.75) is 51.0 Å². The summed E-state index contributed by atoms with van der Waals surface area (Å²) in [5.74, 6) is 1.81. The second kappa shape index (κ2) is 8.19. The number of hydrogen-bond acceptors (Lipinski definition) is 3. The van der Waals surface area contributed by atoms with E-state index in [4.69, 9.17) is 4.74 Å². The first-order valence-corrected chi connectivity index (χ1v) is 11.2. The van der Waals surface area contributed by atoms with E-state index in [0.717, 1.165) is 68.4 Å². The number of ether oxygens (including phenoxy) is 1. The molecule has 0 spiro atoms. The first-order valence-electron chi connectivity index (χ1n) is 11.2. The average molecular weight is 391 g/mol. The minimum absolute atomic E-state index is 0.134. The number of carbonyl (C=O) groups excluding carboxylic acids is 1. The number of hydrogen-bond donors (Lipinski definition) is 0. The normalized spacial score (nSPS) is 20.1. The Hall–Kier alpha value is -2.33. The summed E-state index contributed by atoms with van der Waals surface area (Å²) in [4.78, 5) is 17.1. The van der Waals surface area contributed by atoms with Gasteiger partial charge in [-0.15, -0.1) is 0 Å². The number of rotatable bonds is 4. The van der Waals surface area contributed by atoms with Crippen molar-refractivity contribution in [3.05, 3.63) is 59.2 Å². The van der Waals surface area contributed by atoms with Crippen molar-refractivity contribution in [1.82, 2.24) is 9.80 Å². The van der Waals surface area contributed by atoms with E-state index in [1.54, 1.807) is 0 Å². The van der Waals surface area contributed by atoms with Gasteiger partial charge in [-0.3, -0.25) is 9.69 Å². The third kappa shape index (κ3) is 4.04.